The molecule has 0 heterocycles. The van der Waals surface area contributed by atoms with E-state index in [0.29, 0.717) is 23.7 Å². The van der Waals surface area contributed by atoms with Crippen LogP contribution in [0.15, 0.2) is 47.6 Å². The van der Waals surface area contributed by atoms with E-state index in [-0.39, 0.29) is 19.8 Å². The quantitative estimate of drug-likeness (QED) is 0.297. The Morgan fingerprint density at radius 1 is 0.912 bits per heavy atom. The molecule has 1 aliphatic rings. The summed E-state index contributed by atoms with van der Waals surface area (Å²) in [7, 11) is 0. The van der Waals surface area contributed by atoms with Crippen molar-refractivity contribution in [2.75, 3.05) is 26.4 Å². The molecule has 34 heavy (non-hydrogen) atoms. The molecule has 180 valence electrons. The minimum atomic E-state index is -0.465. The third kappa shape index (κ3) is 8.23. The lowest BCUT2D eigenvalue weighted by Crippen LogP contribution is -2.37. The minimum absolute atomic E-state index is 0.165. The van der Waals surface area contributed by atoms with Crippen LogP contribution in [0.1, 0.15) is 36.5 Å². The van der Waals surface area contributed by atoms with Crippen molar-refractivity contribution in [2.45, 2.75) is 32.6 Å². The summed E-state index contributed by atoms with van der Waals surface area (Å²) >= 11 is 0. The summed E-state index contributed by atoms with van der Waals surface area (Å²) in [6, 6.07) is 12.7. The fourth-order valence-corrected chi connectivity index (χ4v) is 3.39. The van der Waals surface area contributed by atoms with E-state index in [1.54, 1.807) is 31.2 Å². The van der Waals surface area contributed by atoms with E-state index in [4.69, 9.17) is 14.2 Å². The largest absolute Gasteiger partial charge is 0.484 e. The van der Waals surface area contributed by atoms with Crippen molar-refractivity contribution in [1.29, 1.82) is 0 Å². The van der Waals surface area contributed by atoms with Crippen LogP contribution in [0.4, 0.5) is 0 Å². The molecule has 3 rings (SSSR count). The van der Waals surface area contributed by atoms with Gasteiger partial charge in [0.05, 0.1) is 19.4 Å². The van der Waals surface area contributed by atoms with Crippen LogP contribution in [-0.2, 0) is 32.0 Å². The van der Waals surface area contributed by atoms with Gasteiger partial charge in [-0.1, -0.05) is 6.07 Å². The van der Waals surface area contributed by atoms with E-state index in [9.17, 15) is 14.4 Å². The molecule has 2 N–H and O–H groups in total. The lowest BCUT2D eigenvalue weighted by atomic mass is 9.92. The first kappa shape index (κ1) is 24.8. The predicted molar refractivity (Wildman–Crippen MR) is 126 cm³/mol. The molecule has 0 saturated carbocycles. The van der Waals surface area contributed by atoms with Gasteiger partial charge >= 0.3 is 5.97 Å². The van der Waals surface area contributed by atoms with Crippen molar-refractivity contribution in [3.05, 3.63) is 59.2 Å². The Morgan fingerprint density at radius 3 is 2.38 bits per heavy atom. The number of benzene rings is 2. The van der Waals surface area contributed by atoms with Gasteiger partial charge in [-0.2, -0.15) is 5.10 Å². The van der Waals surface area contributed by atoms with Crippen LogP contribution >= 0.6 is 0 Å². The molecule has 0 radical (unpaired) electrons. The van der Waals surface area contributed by atoms with Crippen molar-refractivity contribution in [1.82, 2.24) is 10.7 Å². The number of aryl methyl sites for hydroxylation is 2. The summed E-state index contributed by atoms with van der Waals surface area (Å²) < 4.78 is 15.6. The van der Waals surface area contributed by atoms with Crippen molar-refractivity contribution < 1.29 is 28.6 Å². The van der Waals surface area contributed by atoms with Crippen LogP contribution in [0.25, 0.3) is 0 Å². The molecule has 0 aromatic heterocycles. The van der Waals surface area contributed by atoms with Gasteiger partial charge < -0.3 is 19.5 Å². The van der Waals surface area contributed by atoms with Gasteiger partial charge in [-0.3, -0.25) is 9.59 Å². The Balaban J connectivity index is 1.33. The van der Waals surface area contributed by atoms with Crippen molar-refractivity contribution >= 4 is 24.0 Å². The highest BCUT2D eigenvalue weighted by molar-refractivity contribution is 5.86. The highest BCUT2D eigenvalue weighted by Crippen LogP contribution is 2.25. The number of hydrogen-bond acceptors (Lipinski definition) is 7. The van der Waals surface area contributed by atoms with E-state index < -0.39 is 17.8 Å². The van der Waals surface area contributed by atoms with Gasteiger partial charge in [0, 0.05) is 0 Å². The molecular weight excluding hydrogens is 438 g/mol. The topological polar surface area (TPSA) is 115 Å². The first-order valence-electron chi connectivity index (χ1n) is 11.2. The molecule has 1 aliphatic carbocycles. The summed E-state index contributed by atoms with van der Waals surface area (Å²) in [6.07, 6.45) is 5.96. The van der Waals surface area contributed by atoms with Gasteiger partial charge in [0.15, 0.2) is 13.2 Å². The lowest BCUT2D eigenvalue weighted by molar-refractivity contribution is -0.145. The summed E-state index contributed by atoms with van der Waals surface area (Å²) in [6.45, 7) is 1.48. The third-order valence-electron chi connectivity index (χ3n) is 5.08. The summed E-state index contributed by atoms with van der Waals surface area (Å²) in [5.41, 5.74) is 5.68. The molecule has 0 atom stereocenters. The van der Waals surface area contributed by atoms with Gasteiger partial charge in [-0.25, -0.2) is 10.2 Å². The molecule has 2 aromatic carbocycles. The predicted octanol–water partition coefficient (Wildman–Crippen LogP) is 2.15. The van der Waals surface area contributed by atoms with Crippen molar-refractivity contribution in [3.8, 4) is 11.5 Å². The summed E-state index contributed by atoms with van der Waals surface area (Å²) in [5.74, 6) is -0.132. The highest BCUT2D eigenvalue weighted by atomic mass is 16.6. The number of rotatable bonds is 11. The SMILES string of the molecule is CCOC(=O)COc1ccc(C=NNC(=O)CNC(=O)COc2ccc3c(c2)CCCC3)cc1. The molecule has 0 saturated heterocycles. The number of esters is 1. The second kappa shape index (κ2) is 13.0. The maximum atomic E-state index is 12.0. The fraction of sp³-hybridized carbons (Fsp3) is 0.360. The first-order chi connectivity index (χ1) is 16.5. The van der Waals surface area contributed by atoms with E-state index in [0.717, 1.165) is 12.8 Å². The number of ether oxygens (including phenoxy) is 3. The third-order valence-corrected chi connectivity index (χ3v) is 5.08. The number of carbonyl (C=O) groups excluding carboxylic acids is 3. The Kier molecular flexibility index (Phi) is 9.45. The normalized spacial score (nSPS) is 12.5. The average molecular weight is 468 g/mol. The zero-order chi connectivity index (χ0) is 24.2. The van der Waals surface area contributed by atoms with Gasteiger partial charge in [0.25, 0.3) is 11.8 Å². The summed E-state index contributed by atoms with van der Waals surface area (Å²) in [4.78, 5) is 35.1. The number of carbonyl (C=O) groups is 3. The number of hydrogen-bond donors (Lipinski definition) is 2. The second-order valence-corrected chi connectivity index (χ2v) is 7.66. The highest BCUT2D eigenvalue weighted by Gasteiger charge is 2.11. The molecule has 9 heteroatoms. The van der Waals surface area contributed by atoms with Gasteiger partial charge in [0.2, 0.25) is 0 Å². The fourth-order valence-electron chi connectivity index (χ4n) is 3.39. The molecule has 0 bridgehead atoms. The molecule has 0 aliphatic heterocycles. The van der Waals surface area contributed by atoms with E-state index in [1.165, 1.54) is 30.2 Å². The Labute approximate surface area is 198 Å². The average Bonchev–Trinajstić information content (AvgIpc) is 2.86. The van der Waals surface area contributed by atoms with Crippen LogP contribution in [0.3, 0.4) is 0 Å². The molecule has 2 amide bonds. The van der Waals surface area contributed by atoms with Crippen molar-refractivity contribution in [2.24, 2.45) is 5.10 Å². The minimum Gasteiger partial charge on any atom is -0.484 e. The zero-order valence-corrected chi connectivity index (χ0v) is 19.2. The number of amides is 2. The summed E-state index contributed by atoms with van der Waals surface area (Å²) in [5, 5.41) is 6.36. The molecule has 9 nitrogen and oxygen atoms in total. The number of hydrazone groups is 1. The number of nitrogens with zero attached hydrogens (tertiary/aromatic N) is 1. The standard InChI is InChI=1S/C25H29N3O6/c1-2-32-25(31)17-34-21-10-7-18(8-11-21)14-27-28-23(29)15-26-24(30)16-33-22-12-9-19-5-3-4-6-20(19)13-22/h7-14H,2-6,15-17H2,1H3,(H,26,30)(H,28,29). The van der Waals surface area contributed by atoms with E-state index >= 15 is 0 Å². The van der Waals surface area contributed by atoms with E-state index in [1.807, 2.05) is 12.1 Å². The molecular formula is C25H29N3O6. The van der Waals surface area contributed by atoms with Crippen LogP contribution in [0, 0.1) is 0 Å². The number of nitrogens with one attached hydrogen (secondary N) is 2. The molecule has 0 fully saturated rings. The van der Waals surface area contributed by atoms with Gasteiger partial charge in [0.1, 0.15) is 11.5 Å². The van der Waals surface area contributed by atoms with Gasteiger partial charge in [-0.05, 0) is 85.7 Å². The smallest absolute Gasteiger partial charge is 0.344 e. The molecule has 2 aromatic rings. The zero-order valence-electron chi connectivity index (χ0n) is 19.2. The maximum absolute atomic E-state index is 12.0. The van der Waals surface area contributed by atoms with Crippen LogP contribution in [0.2, 0.25) is 0 Å². The Bertz CT molecular complexity index is 1020. The maximum Gasteiger partial charge on any atom is 0.344 e. The Hall–Kier alpha value is -3.88. The second-order valence-electron chi connectivity index (χ2n) is 7.66. The number of fused-ring (bicyclic) bond motifs is 1. The monoisotopic (exact) mass is 467 g/mol. The molecule has 0 unspecified atom stereocenters. The Morgan fingerprint density at radius 2 is 1.62 bits per heavy atom. The van der Waals surface area contributed by atoms with E-state index in [2.05, 4.69) is 21.9 Å². The van der Waals surface area contributed by atoms with Crippen molar-refractivity contribution in [3.63, 3.8) is 0 Å². The van der Waals surface area contributed by atoms with Crippen LogP contribution in [-0.4, -0.2) is 50.4 Å². The lowest BCUT2D eigenvalue weighted by Gasteiger charge is -2.16. The van der Waals surface area contributed by atoms with Gasteiger partial charge in [-0.15, -0.1) is 0 Å². The molecule has 0 spiro atoms. The van der Waals surface area contributed by atoms with Crippen LogP contribution < -0.4 is 20.2 Å². The van der Waals surface area contributed by atoms with Crippen LogP contribution in [0.5, 0.6) is 11.5 Å². The first-order valence-corrected chi connectivity index (χ1v) is 11.2.